The van der Waals surface area contributed by atoms with Gasteiger partial charge in [0.05, 0.1) is 12.7 Å². The minimum absolute atomic E-state index is 0.00924. The van der Waals surface area contributed by atoms with E-state index in [4.69, 9.17) is 4.42 Å². The second kappa shape index (κ2) is 8.39. The van der Waals surface area contributed by atoms with Gasteiger partial charge in [-0.25, -0.2) is 0 Å². The molecule has 0 saturated heterocycles. The van der Waals surface area contributed by atoms with Gasteiger partial charge in [0, 0.05) is 36.9 Å². The van der Waals surface area contributed by atoms with E-state index in [0.29, 0.717) is 25.3 Å². The number of carbonyl (C=O) groups is 1. The Hall–Kier alpha value is -2.63. The van der Waals surface area contributed by atoms with Crippen molar-refractivity contribution < 1.29 is 9.21 Å². The lowest BCUT2D eigenvalue weighted by Crippen LogP contribution is -2.28. The number of rotatable bonds is 6. The van der Waals surface area contributed by atoms with Crippen LogP contribution < -0.4 is 5.32 Å². The first kappa shape index (κ1) is 19.7. The Morgan fingerprint density at radius 3 is 2.93 bits per heavy atom. The Morgan fingerprint density at radius 2 is 2.10 bits per heavy atom. The fourth-order valence-corrected chi connectivity index (χ4v) is 4.28. The van der Waals surface area contributed by atoms with Crippen LogP contribution in [0.4, 0.5) is 0 Å². The highest BCUT2D eigenvalue weighted by atomic mass is 16.3. The normalized spacial score (nSPS) is 14.2. The van der Waals surface area contributed by atoms with E-state index in [1.807, 2.05) is 0 Å². The molecule has 0 spiro atoms. The maximum atomic E-state index is 12.5. The van der Waals surface area contributed by atoms with E-state index in [0.717, 1.165) is 41.1 Å². The summed E-state index contributed by atoms with van der Waals surface area (Å²) >= 11 is 0. The first-order valence-electron chi connectivity index (χ1n) is 10.7. The maximum absolute atomic E-state index is 12.5. The third-order valence-corrected chi connectivity index (χ3v) is 5.87. The average Bonchev–Trinajstić information content (AvgIpc) is 3.16. The van der Waals surface area contributed by atoms with Crippen LogP contribution in [-0.4, -0.2) is 27.2 Å². The summed E-state index contributed by atoms with van der Waals surface area (Å²) < 4.78 is 7.94. The van der Waals surface area contributed by atoms with E-state index in [9.17, 15) is 4.79 Å². The van der Waals surface area contributed by atoms with Crippen LogP contribution in [0.3, 0.4) is 0 Å². The molecule has 154 valence electrons. The molecule has 3 heterocycles. The van der Waals surface area contributed by atoms with Gasteiger partial charge in [-0.15, -0.1) is 10.2 Å². The van der Waals surface area contributed by atoms with Gasteiger partial charge >= 0.3 is 0 Å². The Kier molecular flexibility index (Phi) is 5.69. The van der Waals surface area contributed by atoms with Crippen molar-refractivity contribution in [3.8, 4) is 0 Å². The second-order valence-corrected chi connectivity index (χ2v) is 8.39. The first-order valence-corrected chi connectivity index (χ1v) is 10.7. The van der Waals surface area contributed by atoms with Crippen LogP contribution in [-0.2, 0) is 30.6 Å². The summed E-state index contributed by atoms with van der Waals surface area (Å²) in [6.07, 6.45) is 7.36. The van der Waals surface area contributed by atoms with Crippen LogP contribution in [0.5, 0.6) is 0 Å². The van der Waals surface area contributed by atoms with Crippen molar-refractivity contribution in [3.63, 3.8) is 0 Å². The molecule has 0 saturated carbocycles. The number of fused-ring (bicyclic) bond motifs is 2. The predicted molar refractivity (Wildman–Crippen MR) is 113 cm³/mol. The fourth-order valence-electron chi connectivity index (χ4n) is 4.28. The van der Waals surface area contributed by atoms with Crippen molar-refractivity contribution in [1.29, 1.82) is 0 Å². The minimum Gasteiger partial charge on any atom is -0.464 e. The highest BCUT2D eigenvalue weighted by molar-refractivity contribution is 5.88. The highest BCUT2D eigenvalue weighted by Gasteiger charge is 2.16. The summed E-state index contributed by atoms with van der Waals surface area (Å²) in [6, 6.07) is 4.25. The number of hydrogen-bond donors (Lipinski definition) is 1. The van der Waals surface area contributed by atoms with Crippen molar-refractivity contribution in [1.82, 2.24) is 20.1 Å². The molecule has 3 aromatic rings. The maximum Gasteiger partial charge on any atom is 0.224 e. The van der Waals surface area contributed by atoms with Crippen LogP contribution in [0.1, 0.15) is 67.4 Å². The summed E-state index contributed by atoms with van der Waals surface area (Å²) in [5.74, 6) is 2.52. The number of benzene rings is 1. The largest absolute Gasteiger partial charge is 0.464 e. The highest BCUT2D eigenvalue weighted by Crippen LogP contribution is 2.29. The molecule has 1 aliphatic rings. The molecule has 1 aliphatic heterocycles. The number of nitrogens with one attached hydrogen (secondary N) is 1. The molecule has 0 unspecified atom stereocenters. The fraction of sp³-hybridized carbons (Fsp3) is 0.522. The van der Waals surface area contributed by atoms with Crippen LogP contribution in [0.15, 0.2) is 22.8 Å². The molecule has 0 atom stereocenters. The third kappa shape index (κ3) is 4.21. The number of carbonyl (C=O) groups excluding carboxylic acids is 1. The molecule has 1 N–H and O–H groups in total. The number of amides is 1. The van der Waals surface area contributed by atoms with Crippen LogP contribution in [0.25, 0.3) is 11.0 Å². The quantitative estimate of drug-likeness (QED) is 0.684. The van der Waals surface area contributed by atoms with Gasteiger partial charge < -0.3 is 14.3 Å². The molecule has 2 aromatic heterocycles. The lowest BCUT2D eigenvalue weighted by atomic mass is 9.95. The van der Waals surface area contributed by atoms with Gasteiger partial charge in [0.2, 0.25) is 5.91 Å². The number of nitrogens with zero attached hydrogens (tertiary/aromatic N) is 3. The zero-order valence-corrected chi connectivity index (χ0v) is 17.6. The Morgan fingerprint density at radius 1 is 1.24 bits per heavy atom. The molecule has 0 bridgehead atoms. The lowest BCUT2D eigenvalue weighted by molar-refractivity contribution is -0.120. The summed E-state index contributed by atoms with van der Waals surface area (Å²) in [5, 5.41) is 12.7. The molecule has 6 heteroatoms. The van der Waals surface area contributed by atoms with Crippen LogP contribution in [0.2, 0.25) is 0 Å². The standard InChI is InChI=1S/C23H30N4O2/c1-15(2)18-13-19-17(14-29-20(19)11-16(18)3)12-23(28)24-9-8-22-26-25-21-7-5-4-6-10-27(21)22/h11,13-15H,4-10,12H2,1-3H3,(H,24,28). The monoisotopic (exact) mass is 394 g/mol. The third-order valence-electron chi connectivity index (χ3n) is 5.87. The van der Waals surface area contributed by atoms with Gasteiger partial charge in [-0.1, -0.05) is 20.3 Å². The lowest BCUT2D eigenvalue weighted by Gasteiger charge is -2.10. The summed E-state index contributed by atoms with van der Waals surface area (Å²) in [7, 11) is 0. The predicted octanol–water partition coefficient (Wildman–Crippen LogP) is 4.08. The topological polar surface area (TPSA) is 73.0 Å². The molecule has 1 aromatic carbocycles. The summed E-state index contributed by atoms with van der Waals surface area (Å²) in [5.41, 5.74) is 4.31. The SMILES string of the molecule is Cc1cc2occ(CC(=O)NCCc3nnc4n3CCCCC4)c2cc1C(C)C. The molecule has 0 fully saturated rings. The van der Waals surface area contributed by atoms with Gasteiger partial charge in [-0.05, 0) is 48.9 Å². The molecule has 4 rings (SSSR count). The van der Waals surface area contributed by atoms with E-state index in [-0.39, 0.29) is 5.91 Å². The van der Waals surface area contributed by atoms with Gasteiger partial charge in [0.25, 0.3) is 0 Å². The van der Waals surface area contributed by atoms with Gasteiger partial charge in [0.1, 0.15) is 17.2 Å². The van der Waals surface area contributed by atoms with Gasteiger partial charge in [0.15, 0.2) is 0 Å². The van der Waals surface area contributed by atoms with E-state index < -0.39 is 0 Å². The summed E-state index contributed by atoms with van der Waals surface area (Å²) in [6.45, 7) is 8.04. The van der Waals surface area contributed by atoms with E-state index in [1.165, 1.54) is 30.4 Å². The van der Waals surface area contributed by atoms with E-state index >= 15 is 0 Å². The van der Waals surface area contributed by atoms with Crippen LogP contribution >= 0.6 is 0 Å². The Balaban J connectivity index is 1.38. The smallest absolute Gasteiger partial charge is 0.224 e. The average molecular weight is 395 g/mol. The number of aromatic nitrogens is 3. The van der Waals surface area contributed by atoms with Gasteiger partial charge in [-0.2, -0.15) is 0 Å². The molecule has 29 heavy (non-hydrogen) atoms. The zero-order chi connectivity index (χ0) is 20.4. The van der Waals surface area contributed by atoms with Crippen molar-refractivity contribution in [2.75, 3.05) is 6.54 Å². The van der Waals surface area contributed by atoms with Crippen molar-refractivity contribution in [2.45, 2.75) is 71.8 Å². The first-order chi connectivity index (χ1) is 14.0. The molecule has 0 aliphatic carbocycles. The molecular formula is C23H30N4O2. The van der Waals surface area contributed by atoms with Crippen LogP contribution in [0, 0.1) is 6.92 Å². The number of hydrogen-bond acceptors (Lipinski definition) is 4. The van der Waals surface area contributed by atoms with Crippen molar-refractivity contribution in [2.24, 2.45) is 0 Å². The van der Waals surface area contributed by atoms with Crippen molar-refractivity contribution in [3.05, 3.63) is 46.7 Å². The Bertz CT molecular complexity index is 1020. The molecule has 1 amide bonds. The van der Waals surface area contributed by atoms with E-state index in [1.54, 1.807) is 6.26 Å². The summed E-state index contributed by atoms with van der Waals surface area (Å²) in [4.78, 5) is 12.5. The number of aryl methyl sites for hydroxylation is 2. The number of furan rings is 1. The molecule has 0 radical (unpaired) electrons. The molecular weight excluding hydrogens is 364 g/mol. The minimum atomic E-state index is 0.00924. The Labute approximate surface area is 171 Å². The van der Waals surface area contributed by atoms with E-state index in [2.05, 4.69) is 53.0 Å². The molecule has 6 nitrogen and oxygen atoms in total. The zero-order valence-electron chi connectivity index (χ0n) is 17.6. The van der Waals surface area contributed by atoms with Gasteiger partial charge in [-0.3, -0.25) is 4.79 Å². The second-order valence-electron chi connectivity index (χ2n) is 8.39. The van der Waals surface area contributed by atoms with Crippen molar-refractivity contribution >= 4 is 16.9 Å².